The lowest BCUT2D eigenvalue weighted by Gasteiger charge is -2.22. The summed E-state index contributed by atoms with van der Waals surface area (Å²) in [5.41, 5.74) is 29.7. The molecule has 0 heteroatoms. The van der Waals surface area contributed by atoms with Crippen molar-refractivity contribution < 1.29 is 0 Å². The molecule has 0 bridgehead atoms. The maximum Gasteiger partial charge on any atom is 0.0352 e. The monoisotopic (exact) mass is 790 g/mol. The Morgan fingerprint density at radius 2 is 0.565 bits per heavy atom. The lowest BCUT2D eigenvalue weighted by molar-refractivity contribution is 0.660. The summed E-state index contributed by atoms with van der Waals surface area (Å²) in [5, 5.41) is 0. The minimum atomic E-state index is -0.0754. The Hall–Kier alpha value is -7.02. The van der Waals surface area contributed by atoms with Crippen molar-refractivity contribution in [2.45, 2.75) is 50.4 Å². The zero-order valence-corrected chi connectivity index (χ0v) is 35.6. The largest absolute Gasteiger partial charge is 0.0619 e. The van der Waals surface area contributed by atoms with Crippen molar-refractivity contribution in [3.8, 4) is 66.8 Å². The van der Waals surface area contributed by atoms with Gasteiger partial charge in [0, 0.05) is 22.7 Å². The molecule has 0 aromatic heterocycles. The molecule has 0 atom stereocenters. The summed E-state index contributed by atoms with van der Waals surface area (Å²) >= 11 is 0. The molecule has 62 heavy (non-hydrogen) atoms. The number of hydrogen-bond acceptors (Lipinski definition) is 0. The predicted molar refractivity (Wildman–Crippen MR) is 258 cm³/mol. The van der Waals surface area contributed by atoms with E-state index in [0.717, 1.165) is 0 Å². The van der Waals surface area contributed by atoms with Crippen molar-refractivity contribution in [2.75, 3.05) is 0 Å². The summed E-state index contributed by atoms with van der Waals surface area (Å²) in [6.07, 6.45) is 0. The van der Waals surface area contributed by atoms with Crippen LogP contribution in [0.1, 0.15) is 95.2 Å². The fraction of sp³-hybridized carbons (Fsp3) is 0.129. The van der Waals surface area contributed by atoms with Crippen LogP contribution in [-0.4, -0.2) is 0 Å². The predicted octanol–water partition coefficient (Wildman–Crippen LogP) is 16.0. The van der Waals surface area contributed by atoms with E-state index in [1.54, 1.807) is 0 Å². The fourth-order valence-corrected chi connectivity index (χ4v) is 12.2. The maximum atomic E-state index is 2.51. The summed E-state index contributed by atoms with van der Waals surface area (Å²) in [7, 11) is 0. The smallest absolute Gasteiger partial charge is 0.0352 e. The summed E-state index contributed by atoms with van der Waals surface area (Å²) in [5.74, 6) is 0.458. The molecular formula is C62H46. The van der Waals surface area contributed by atoms with Crippen LogP contribution in [0.15, 0.2) is 194 Å². The van der Waals surface area contributed by atoms with E-state index in [4.69, 9.17) is 0 Å². The van der Waals surface area contributed by atoms with E-state index >= 15 is 0 Å². The topological polar surface area (TPSA) is 0 Å². The molecule has 0 heterocycles. The molecule has 9 aromatic rings. The van der Waals surface area contributed by atoms with Gasteiger partial charge in [0.15, 0.2) is 0 Å². The van der Waals surface area contributed by atoms with Crippen LogP contribution in [0.4, 0.5) is 0 Å². The molecular weight excluding hydrogens is 745 g/mol. The SMILES string of the molecule is CC1(C)c2ccc(-c3cccc(-c4ccc5c(c4)-c4cc(C6c7ccccc7-c7ccccc76)ccc4C5(C)C)c3)cc2-c2cc(C3c4ccccc4-c4ccccc43)ccc21. The van der Waals surface area contributed by atoms with E-state index in [1.807, 2.05) is 0 Å². The zero-order chi connectivity index (χ0) is 41.5. The highest BCUT2D eigenvalue weighted by molar-refractivity contribution is 5.90. The Morgan fingerprint density at radius 3 is 0.935 bits per heavy atom. The lowest BCUT2D eigenvalue weighted by atomic mass is 9.81. The quantitative estimate of drug-likeness (QED) is 0.167. The lowest BCUT2D eigenvalue weighted by Crippen LogP contribution is -2.15. The van der Waals surface area contributed by atoms with Gasteiger partial charge in [-0.25, -0.2) is 0 Å². The van der Waals surface area contributed by atoms with Gasteiger partial charge in [-0.2, -0.15) is 0 Å². The molecule has 0 unspecified atom stereocenters. The van der Waals surface area contributed by atoms with Gasteiger partial charge in [0.05, 0.1) is 0 Å². The average Bonchev–Trinajstić information content (AvgIpc) is 3.97. The van der Waals surface area contributed by atoms with Crippen LogP contribution < -0.4 is 0 Å². The Labute approximate surface area is 365 Å². The average molecular weight is 791 g/mol. The molecule has 0 radical (unpaired) electrons. The minimum Gasteiger partial charge on any atom is -0.0619 e. The number of rotatable bonds is 4. The third kappa shape index (κ3) is 4.90. The van der Waals surface area contributed by atoms with E-state index in [9.17, 15) is 0 Å². The first-order valence-electron chi connectivity index (χ1n) is 22.3. The summed E-state index contributed by atoms with van der Waals surface area (Å²) in [4.78, 5) is 0. The minimum absolute atomic E-state index is 0.0754. The van der Waals surface area contributed by atoms with Crippen LogP contribution in [-0.2, 0) is 10.8 Å². The van der Waals surface area contributed by atoms with Gasteiger partial charge in [-0.3, -0.25) is 0 Å². The molecule has 0 nitrogen and oxygen atoms in total. The summed E-state index contributed by atoms with van der Waals surface area (Å²) < 4.78 is 0. The molecule has 0 fully saturated rings. The third-order valence-electron chi connectivity index (χ3n) is 15.3. The molecule has 4 aliphatic carbocycles. The molecule has 0 aliphatic heterocycles. The van der Waals surface area contributed by atoms with Crippen LogP contribution in [0.3, 0.4) is 0 Å². The van der Waals surface area contributed by atoms with E-state index in [1.165, 1.54) is 122 Å². The van der Waals surface area contributed by atoms with Crippen molar-refractivity contribution >= 4 is 0 Å². The highest BCUT2D eigenvalue weighted by atomic mass is 14.4. The highest BCUT2D eigenvalue weighted by Crippen LogP contribution is 2.55. The van der Waals surface area contributed by atoms with Gasteiger partial charge in [-0.05, 0) is 153 Å². The van der Waals surface area contributed by atoms with Crippen molar-refractivity contribution in [3.63, 3.8) is 0 Å². The Kier molecular flexibility index (Phi) is 7.35. The molecule has 294 valence electrons. The third-order valence-corrected chi connectivity index (χ3v) is 15.3. The second-order valence-electron chi connectivity index (χ2n) is 19.2. The molecule has 4 aliphatic rings. The zero-order valence-electron chi connectivity index (χ0n) is 35.6. The second kappa shape index (κ2) is 12.8. The first kappa shape index (κ1) is 35.7. The van der Waals surface area contributed by atoms with Crippen LogP contribution in [0.25, 0.3) is 66.8 Å². The molecule has 0 N–H and O–H groups in total. The number of fused-ring (bicyclic) bond motifs is 12. The normalized spacial score (nSPS) is 15.5. The van der Waals surface area contributed by atoms with Crippen molar-refractivity contribution in [3.05, 3.63) is 250 Å². The molecule has 0 saturated carbocycles. The van der Waals surface area contributed by atoms with Gasteiger partial charge in [-0.1, -0.05) is 191 Å². The van der Waals surface area contributed by atoms with Gasteiger partial charge in [0.1, 0.15) is 0 Å². The van der Waals surface area contributed by atoms with Gasteiger partial charge >= 0.3 is 0 Å². The maximum absolute atomic E-state index is 2.51. The molecule has 0 saturated heterocycles. The van der Waals surface area contributed by atoms with Gasteiger partial charge in [-0.15, -0.1) is 0 Å². The second-order valence-corrected chi connectivity index (χ2v) is 19.2. The first-order valence-corrected chi connectivity index (χ1v) is 22.3. The first-order chi connectivity index (χ1) is 30.3. The van der Waals surface area contributed by atoms with Crippen molar-refractivity contribution in [2.24, 2.45) is 0 Å². The van der Waals surface area contributed by atoms with E-state index in [2.05, 4.69) is 222 Å². The number of hydrogen-bond donors (Lipinski definition) is 0. The van der Waals surface area contributed by atoms with Gasteiger partial charge in [0.25, 0.3) is 0 Å². The van der Waals surface area contributed by atoms with Crippen molar-refractivity contribution in [1.29, 1.82) is 0 Å². The van der Waals surface area contributed by atoms with Gasteiger partial charge in [0.2, 0.25) is 0 Å². The van der Waals surface area contributed by atoms with E-state index in [-0.39, 0.29) is 22.7 Å². The van der Waals surface area contributed by atoms with Crippen LogP contribution in [0.5, 0.6) is 0 Å². The number of benzene rings is 9. The fourth-order valence-electron chi connectivity index (χ4n) is 12.2. The van der Waals surface area contributed by atoms with E-state index in [0.29, 0.717) is 0 Å². The van der Waals surface area contributed by atoms with Crippen LogP contribution in [0, 0.1) is 0 Å². The Balaban J connectivity index is 0.878. The molecule has 9 aromatic carbocycles. The van der Waals surface area contributed by atoms with Gasteiger partial charge < -0.3 is 0 Å². The van der Waals surface area contributed by atoms with E-state index < -0.39 is 0 Å². The van der Waals surface area contributed by atoms with Crippen LogP contribution in [0.2, 0.25) is 0 Å². The Morgan fingerprint density at radius 1 is 0.258 bits per heavy atom. The molecule has 13 rings (SSSR count). The van der Waals surface area contributed by atoms with Crippen LogP contribution >= 0.6 is 0 Å². The Bertz CT molecular complexity index is 3060. The summed E-state index contributed by atoms with van der Waals surface area (Å²) in [6.45, 7) is 9.55. The summed E-state index contributed by atoms with van der Waals surface area (Å²) in [6, 6.07) is 74.1. The standard InChI is InChI=1S/C62H46/c1-61(2)55-28-24-39(33-51(55)53-35-41(26-30-57(53)61)59-47-20-9-5-16-43(47)44-17-6-10-21-48(44)59)37-14-13-15-38(32-37)40-25-29-56-52(34-40)54-36-42(27-31-58(54)62(56,3)4)60-49-22-11-7-18-45(49)46-19-8-12-23-50(46)60/h5-36,59-60H,1-4H3. The highest BCUT2D eigenvalue weighted by Gasteiger charge is 2.39. The molecule has 0 spiro atoms. The molecule has 0 amide bonds. The van der Waals surface area contributed by atoms with Crippen molar-refractivity contribution in [1.82, 2.24) is 0 Å².